The van der Waals surface area contributed by atoms with E-state index in [1.165, 1.54) is 12.8 Å². The number of likely N-dealkylation sites (tertiary alicyclic amines) is 1. The zero-order valence-corrected chi connectivity index (χ0v) is 14.5. The number of hydrogen-bond donors (Lipinski definition) is 2. The fraction of sp³-hybridized carbons (Fsp3) is 1.00. The third-order valence-corrected chi connectivity index (χ3v) is 5.58. The minimum atomic E-state index is -0.138. The molecular formula is C17H35N3O. The third-order valence-electron chi connectivity index (χ3n) is 5.58. The first kappa shape index (κ1) is 17.2. The molecule has 124 valence electrons. The summed E-state index contributed by atoms with van der Waals surface area (Å²) >= 11 is 0. The Morgan fingerprint density at radius 2 is 1.90 bits per heavy atom. The van der Waals surface area contributed by atoms with Crippen molar-refractivity contribution in [3.63, 3.8) is 0 Å². The molecule has 0 aromatic carbocycles. The summed E-state index contributed by atoms with van der Waals surface area (Å²) in [5, 5.41) is 13.6. The zero-order chi connectivity index (χ0) is 15.6. The molecule has 1 aliphatic carbocycles. The first-order valence-electron chi connectivity index (χ1n) is 8.64. The van der Waals surface area contributed by atoms with Crippen LogP contribution in [0.25, 0.3) is 0 Å². The van der Waals surface area contributed by atoms with Gasteiger partial charge in [-0.2, -0.15) is 0 Å². The molecule has 0 aromatic rings. The Kier molecular flexibility index (Phi) is 6.06. The predicted molar refractivity (Wildman–Crippen MR) is 88.4 cm³/mol. The molecule has 1 heterocycles. The number of likely N-dealkylation sites (N-methyl/N-ethyl adjacent to an activating group) is 1. The lowest BCUT2D eigenvalue weighted by Gasteiger charge is -2.42. The van der Waals surface area contributed by atoms with Crippen LogP contribution in [0.2, 0.25) is 0 Å². The van der Waals surface area contributed by atoms with Gasteiger partial charge in [0, 0.05) is 31.7 Å². The standard InChI is InChI=1S/C17H35N3O/c1-12-6-13(2)16(17(7-12)18-3)11-20-10-15(21)8-14(20)9-19(4)5/h12-18,21H,6-11H2,1-5H3. The van der Waals surface area contributed by atoms with E-state index in [1.807, 2.05) is 0 Å². The molecule has 2 aliphatic rings. The lowest BCUT2D eigenvalue weighted by molar-refractivity contribution is 0.0874. The molecule has 2 N–H and O–H groups in total. The smallest absolute Gasteiger partial charge is 0.0682 e. The molecule has 1 saturated heterocycles. The van der Waals surface area contributed by atoms with Gasteiger partial charge in [0.1, 0.15) is 0 Å². The molecule has 6 atom stereocenters. The van der Waals surface area contributed by atoms with Crippen molar-refractivity contribution < 1.29 is 5.11 Å². The van der Waals surface area contributed by atoms with E-state index in [9.17, 15) is 5.11 Å². The van der Waals surface area contributed by atoms with Crippen molar-refractivity contribution in [2.24, 2.45) is 17.8 Å². The summed E-state index contributed by atoms with van der Waals surface area (Å²) in [4.78, 5) is 4.80. The molecule has 4 heteroatoms. The maximum absolute atomic E-state index is 10.1. The monoisotopic (exact) mass is 297 g/mol. The Bertz CT molecular complexity index is 323. The Labute approximate surface area is 130 Å². The maximum atomic E-state index is 10.1. The first-order chi connectivity index (χ1) is 9.90. The van der Waals surface area contributed by atoms with Crippen LogP contribution in [-0.4, -0.2) is 73.9 Å². The van der Waals surface area contributed by atoms with Crippen LogP contribution in [0.4, 0.5) is 0 Å². The average molecular weight is 297 g/mol. The Morgan fingerprint density at radius 1 is 1.19 bits per heavy atom. The molecule has 4 nitrogen and oxygen atoms in total. The summed E-state index contributed by atoms with van der Waals surface area (Å²) < 4.78 is 0. The largest absolute Gasteiger partial charge is 0.392 e. The number of nitrogens with zero attached hydrogens (tertiary/aromatic N) is 2. The quantitative estimate of drug-likeness (QED) is 0.801. The highest BCUT2D eigenvalue weighted by atomic mass is 16.3. The normalized spacial score (nSPS) is 41.9. The van der Waals surface area contributed by atoms with E-state index in [4.69, 9.17) is 0 Å². The Morgan fingerprint density at radius 3 is 2.52 bits per heavy atom. The van der Waals surface area contributed by atoms with Gasteiger partial charge in [-0.1, -0.05) is 13.8 Å². The van der Waals surface area contributed by atoms with Crippen LogP contribution < -0.4 is 5.32 Å². The molecule has 2 fully saturated rings. The van der Waals surface area contributed by atoms with Crippen molar-refractivity contribution in [1.29, 1.82) is 0 Å². The van der Waals surface area contributed by atoms with E-state index in [2.05, 4.69) is 50.1 Å². The van der Waals surface area contributed by atoms with Gasteiger partial charge < -0.3 is 15.3 Å². The first-order valence-corrected chi connectivity index (χ1v) is 8.64. The van der Waals surface area contributed by atoms with Crippen molar-refractivity contribution in [3.05, 3.63) is 0 Å². The lowest BCUT2D eigenvalue weighted by atomic mass is 9.72. The fourth-order valence-corrected chi connectivity index (χ4v) is 4.61. The van der Waals surface area contributed by atoms with Gasteiger partial charge in [-0.15, -0.1) is 0 Å². The SMILES string of the molecule is CNC1CC(C)CC(C)C1CN1CC(O)CC1CN(C)C. The second-order valence-corrected chi connectivity index (χ2v) is 7.87. The van der Waals surface area contributed by atoms with Gasteiger partial charge >= 0.3 is 0 Å². The summed E-state index contributed by atoms with van der Waals surface area (Å²) in [5.41, 5.74) is 0. The molecule has 0 radical (unpaired) electrons. The minimum absolute atomic E-state index is 0.138. The maximum Gasteiger partial charge on any atom is 0.0682 e. The molecule has 0 amide bonds. The van der Waals surface area contributed by atoms with Crippen molar-refractivity contribution in [2.45, 2.75) is 51.3 Å². The van der Waals surface area contributed by atoms with Crippen molar-refractivity contribution in [1.82, 2.24) is 15.1 Å². The highest BCUT2D eigenvalue weighted by Gasteiger charge is 2.38. The van der Waals surface area contributed by atoms with Crippen molar-refractivity contribution in [2.75, 3.05) is 40.8 Å². The van der Waals surface area contributed by atoms with Crippen LogP contribution in [0, 0.1) is 17.8 Å². The number of β-amino-alcohol motifs (C(OH)–C–C–N with tert-alkyl or cyclic N) is 1. The van der Waals surface area contributed by atoms with E-state index in [1.54, 1.807) is 0 Å². The molecular weight excluding hydrogens is 262 g/mol. The average Bonchev–Trinajstić information content (AvgIpc) is 2.71. The molecule has 1 aliphatic heterocycles. The Balaban J connectivity index is 2.00. The van der Waals surface area contributed by atoms with E-state index < -0.39 is 0 Å². The molecule has 0 aromatic heterocycles. The van der Waals surface area contributed by atoms with E-state index in [0.29, 0.717) is 18.0 Å². The molecule has 1 saturated carbocycles. The van der Waals surface area contributed by atoms with Gasteiger partial charge in [-0.3, -0.25) is 4.90 Å². The van der Waals surface area contributed by atoms with E-state index in [-0.39, 0.29) is 6.10 Å². The molecule has 2 rings (SSSR count). The van der Waals surface area contributed by atoms with Crippen LogP contribution in [0.3, 0.4) is 0 Å². The van der Waals surface area contributed by atoms with Crippen LogP contribution >= 0.6 is 0 Å². The van der Waals surface area contributed by atoms with Crippen LogP contribution in [0.5, 0.6) is 0 Å². The lowest BCUT2D eigenvalue weighted by Crippen LogP contribution is -2.50. The predicted octanol–water partition coefficient (Wildman–Crippen LogP) is 1.25. The topological polar surface area (TPSA) is 38.7 Å². The fourth-order valence-electron chi connectivity index (χ4n) is 4.61. The highest BCUT2D eigenvalue weighted by molar-refractivity contribution is 4.93. The molecule has 0 bridgehead atoms. The Hall–Kier alpha value is -0.160. The van der Waals surface area contributed by atoms with Gasteiger partial charge in [-0.25, -0.2) is 0 Å². The van der Waals surface area contributed by atoms with E-state index in [0.717, 1.165) is 37.9 Å². The number of rotatable bonds is 5. The number of nitrogens with one attached hydrogen (secondary N) is 1. The second kappa shape index (κ2) is 7.40. The summed E-state index contributed by atoms with van der Waals surface area (Å²) in [6, 6.07) is 1.14. The van der Waals surface area contributed by atoms with Gasteiger partial charge in [-0.05, 0) is 58.2 Å². The molecule has 6 unspecified atom stereocenters. The van der Waals surface area contributed by atoms with Gasteiger partial charge in [0.2, 0.25) is 0 Å². The third kappa shape index (κ3) is 4.41. The van der Waals surface area contributed by atoms with Gasteiger partial charge in [0.25, 0.3) is 0 Å². The second-order valence-electron chi connectivity index (χ2n) is 7.87. The molecule has 0 spiro atoms. The van der Waals surface area contributed by atoms with Crippen molar-refractivity contribution >= 4 is 0 Å². The summed E-state index contributed by atoms with van der Waals surface area (Å²) in [6.07, 6.45) is 3.43. The minimum Gasteiger partial charge on any atom is -0.392 e. The van der Waals surface area contributed by atoms with Crippen molar-refractivity contribution in [3.8, 4) is 0 Å². The van der Waals surface area contributed by atoms with Crippen LogP contribution in [0.15, 0.2) is 0 Å². The summed E-state index contributed by atoms with van der Waals surface area (Å²) in [5.74, 6) is 2.31. The highest BCUT2D eigenvalue weighted by Crippen LogP contribution is 2.35. The van der Waals surface area contributed by atoms with E-state index >= 15 is 0 Å². The number of aliphatic hydroxyl groups excluding tert-OH is 1. The summed E-state index contributed by atoms with van der Waals surface area (Å²) in [6.45, 7) is 7.84. The summed E-state index contributed by atoms with van der Waals surface area (Å²) in [7, 11) is 6.37. The number of aliphatic hydroxyl groups is 1. The number of hydrogen-bond acceptors (Lipinski definition) is 4. The van der Waals surface area contributed by atoms with Gasteiger partial charge in [0.15, 0.2) is 0 Å². The molecule has 21 heavy (non-hydrogen) atoms. The van der Waals surface area contributed by atoms with Crippen LogP contribution in [-0.2, 0) is 0 Å². The van der Waals surface area contributed by atoms with Crippen LogP contribution in [0.1, 0.15) is 33.1 Å². The van der Waals surface area contributed by atoms with Gasteiger partial charge in [0.05, 0.1) is 6.10 Å². The zero-order valence-electron chi connectivity index (χ0n) is 14.5.